The Morgan fingerprint density at radius 1 is 1.07 bits per heavy atom. The number of nitrogens with zero attached hydrogens (tertiary/aromatic N) is 6. The molecule has 5 heterocycles. The number of pyridine rings is 2. The first kappa shape index (κ1) is 30.0. The summed E-state index contributed by atoms with van der Waals surface area (Å²) < 4.78 is 5.57. The zero-order valence-electron chi connectivity index (χ0n) is 25.1. The smallest absolute Gasteiger partial charge is 0.267 e. The Morgan fingerprint density at radius 3 is 2.56 bits per heavy atom. The molecule has 6 rings (SSSR count). The summed E-state index contributed by atoms with van der Waals surface area (Å²) in [5.41, 5.74) is 4.07. The molecule has 2 amide bonds. The van der Waals surface area contributed by atoms with Gasteiger partial charge in [-0.15, -0.1) is 0 Å². The fourth-order valence-electron chi connectivity index (χ4n) is 5.28. The highest BCUT2D eigenvalue weighted by molar-refractivity contribution is 7.17. The predicted molar refractivity (Wildman–Crippen MR) is 176 cm³/mol. The van der Waals surface area contributed by atoms with E-state index < -0.39 is 0 Å². The third-order valence-electron chi connectivity index (χ3n) is 7.84. The monoisotopic (exact) mass is 626 g/mol. The maximum absolute atomic E-state index is 12.9. The molecule has 0 unspecified atom stereocenters. The molecule has 2 aliphatic rings. The molecule has 2 saturated heterocycles. The van der Waals surface area contributed by atoms with Crippen molar-refractivity contribution >= 4 is 51.3 Å². The number of aliphatic hydroxyl groups excluding tert-OH is 1. The van der Waals surface area contributed by atoms with Gasteiger partial charge >= 0.3 is 0 Å². The Hall–Kier alpha value is -5.01. The molecule has 0 aliphatic carbocycles. The summed E-state index contributed by atoms with van der Waals surface area (Å²) in [6, 6.07) is 13.3. The Labute approximate surface area is 265 Å². The van der Waals surface area contributed by atoms with Crippen LogP contribution < -0.4 is 25.2 Å². The van der Waals surface area contributed by atoms with E-state index in [1.807, 2.05) is 49.4 Å². The molecule has 0 saturated carbocycles. The Morgan fingerprint density at radius 2 is 1.84 bits per heavy atom. The number of aryl methyl sites for hydroxylation is 1. The number of rotatable bonds is 9. The second-order valence-electron chi connectivity index (χ2n) is 10.8. The van der Waals surface area contributed by atoms with E-state index >= 15 is 0 Å². The van der Waals surface area contributed by atoms with Crippen LogP contribution in [0.15, 0.2) is 67.5 Å². The number of carbonyl (C=O) groups excluding carboxylic acids is 2. The van der Waals surface area contributed by atoms with Gasteiger partial charge in [0, 0.05) is 56.7 Å². The van der Waals surface area contributed by atoms with E-state index in [2.05, 4.69) is 32.0 Å². The summed E-state index contributed by atoms with van der Waals surface area (Å²) in [5, 5.41) is 16.7. The highest BCUT2D eigenvalue weighted by atomic mass is 32.1. The molecule has 2 fully saturated rings. The number of hydrogen-bond donors (Lipinski definition) is 3. The van der Waals surface area contributed by atoms with E-state index in [1.165, 1.54) is 23.6 Å². The fraction of sp³-hybridized carbons (Fsp3) is 0.281. The van der Waals surface area contributed by atoms with Gasteiger partial charge in [-0.25, -0.2) is 15.0 Å². The molecular weight excluding hydrogens is 592 g/mol. The molecule has 3 aromatic heterocycles. The van der Waals surface area contributed by atoms with Crippen molar-refractivity contribution in [2.75, 3.05) is 66.8 Å². The average Bonchev–Trinajstić information content (AvgIpc) is 3.52. The standard InChI is InChI=1S/C32H34N8O4S/c1-4-28(42)38-11-13-39(14-12-38)30-25(40-18-22(41)19-40)15-21(16-33-30)24-9-10-26(44-3)29(35-24)37-32-34-17-27(45-32)31(43)36-23-8-6-5-7-20(23)2/h4-10,15-17,22,41H,1,11-14,18-19H2,2-3H3,(H,36,43)(H,34,35,37). The number of aromatic nitrogens is 3. The maximum atomic E-state index is 12.9. The molecule has 12 nitrogen and oxygen atoms in total. The Kier molecular flexibility index (Phi) is 8.62. The van der Waals surface area contributed by atoms with E-state index in [1.54, 1.807) is 18.2 Å². The molecule has 2 aliphatic heterocycles. The topological polar surface area (TPSA) is 136 Å². The van der Waals surface area contributed by atoms with Crippen LogP contribution in [0.3, 0.4) is 0 Å². The van der Waals surface area contributed by atoms with Crippen molar-refractivity contribution in [1.82, 2.24) is 19.9 Å². The predicted octanol–water partition coefficient (Wildman–Crippen LogP) is 3.93. The highest BCUT2D eigenvalue weighted by Gasteiger charge is 2.30. The second-order valence-corrected chi connectivity index (χ2v) is 11.8. The number of ether oxygens (including phenoxy) is 1. The summed E-state index contributed by atoms with van der Waals surface area (Å²) in [6.07, 6.45) is 4.27. The van der Waals surface area contributed by atoms with Crippen molar-refractivity contribution in [1.29, 1.82) is 0 Å². The van der Waals surface area contributed by atoms with Crippen LogP contribution in [-0.2, 0) is 4.79 Å². The van der Waals surface area contributed by atoms with Crippen molar-refractivity contribution in [2.45, 2.75) is 13.0 Å². The van der Waals surface area contributed by atoms with Gasteiger partial charge in [0.2, 0.25) is 5.91 Å². The fourth-order valence-corrected chi connectivity index (χ4v) is 5.99. The number of β-amino-alcohol motifs (C(OH)–C–C–N with tert-alkyl or cyclic N) is 1. The van der Waals surface area contributed by atoms with Crippen LogP contribution in [0.4, 0.5) is 28.1 Å². The third-order valence-corrected chi connectivity index (χ3v) is 8.75. The lowest BCUT2D eigenvalue weighted by molar-refractivity contribution is -0.126. The molecule has 0 radical (unpaired) electrons. The van der Waals surface area contributed by atoms with Crippen molar-refractivity contribution in [3.8, 4) is 17.0 Å². The average molecular weight is 627 g/mol. The quantitative estimate of drug-likeness (QED) is 0.235. The van der Waals surface area contributed by atoms with Gasteiger partial charge in [-0.05, 0) is 42.8 Å². The number of anilines is 5. The number of thiazole rings is 1. The number of para-hydroxylation sites is 1. The lowest BCUT2D eigenvalue weighted by Crippen LogP contribution is -2.52. The summed E-state index contributed by atoms with van der Waals surface area (Å²) >= 11 is 1.21. The number of piperazine rings is 1. The van der Waals surface area contributed by atoms with E-state index in [9.17, 15) is 14.7 Å². The summed E-state index contributed by atoms with van der Waals surface area (Å²) in [4.78, 5) is 45.5. The lowest BCUT2D eigenvalue weighted by atomic mass is 10.1. The van der Waals surface area contributed by atoms with Gasteiger partial charge in [0.1, 0.15) is 4.88 Å². The summed E-state index contributed by atoms with van der Waals surface area (Å²) in [7, 11) is 1.57. The minimum absolute atomic E-state index is 0.0708. The number of aliphatic hydroxyl groups is 1. The van der Waals surface area contributed by atoms with Crippen molar-refractivity contribution in [2.24, 2.45) is 0 Å². The van der Waals surface area contributed by atoms with Gasteiger partial charge in [-0.1, -0.05) is 36.1 Å². The highest BCUT2D eigenvalue weighted by Crippen LogP contribution is 2.36. The molecule has 0 bridgehead atoms. The van der Waals surface area contributed by atoms with Crippen LogP contribution in [0.25, 0.3) is 11.3 Å². The molecule has 0 atom stereocenters. The zero-order chi connectivity index (χ0) is 31.5. The van der Waals surface area contributed by atoms with Crippen LogP contribution in [0.5, 0.6) is 5.75 Å². The van der Waals surface area contributed by atoms with E-state index in [4.69, 9.17) is 14.7 Å². The van der Waals surface area contributed by atoms with Crippen molar-refractivity contribution in [3.05, 3.63) is 78.0 Å². The van der Waals surface area contributed by atoms with E-state index in [0.717, 1.165) is 28.3 Å². The minimum atomic E-state index is -0.388. The normalized spacial score (nSPS) is 15.0. The van der Waals surface area contributed by atoms with Crippen molar-refractivity contribution in [3.63, 3.8) is 0 Å². The van der Waals surface area contributed by atoms with E-state index in [-0.39, 0.29) is 17.9 Å². The molecule has 232 valence electrons. The Bertz CT molecular complexity index is 1730. The molecule has 0 spiro atoms. The van der Waals surface area contributed by atoms with Crippen LogP contribution in [-0.4, -0.2) is 89.3 Å². The Balaban J connectivity index is 1.23. The zero-order valence-corrected chi connectivity index (χ0v) is 25.9. The number of methoxy groups -OCH3 is 1. The van der Waals surface area contributed by atoms with Crippen LogP contribution in [0.1, 0.15) is 15.2 Å². The SMILES string of the molecule is C=CC(=O)N1CCN(c2ncc(-c3ccc(OC)c(Nc4ncc(C(=O)Nc5ccccc5C)s4)n3)cc2N2CC(O)C2)CC1. The molecule has 45 heavy (non-hydrogen) atoms. The first-order chi connectivity index (χ1) is 21.8. The first-order valence-electron chi connectivity index (χ1n) is 14.6. The van der Waals surface area contributed by atoms with Crippen molar-refractivity contribution < 1.29 is 19.4 Å². The van der Waals surface area contributed by atoms with Gasteiger partial charge in [0.15, 0.2) is 22.5 Å². The molecule has 3 N–H and O–H groups in total. The van der Waals surface area contributed by atoms with Gasteiger partial charge in [0.05, 0.1) is 30.8 Å². The largest absolute Gasteiger partial charge is 0.493 e. The van der Waals surface area contributed by atoms with Gasteiger partial charge in [-0.3, -0.25) is 9.59 Å². The van der Waals surface area contributed by atoms with Gasteiger partial charge in [0.25, 0.3) is 5.91 Å². The van der Waals surface area contributed by atoms with Gasteiger partial charge in [-0.2, -0.15) is 0 Å². The number of amides is 2. The van der Waals surface area contributed by atoms with Gasteiger partial charge < -0.3 is 35.2 Å². The third kappa shape index (κ3) is 6.44. The number of benzene rings is 1. The molecule has 4 aromatic rings. The van der Waals surface area contributed by atoms with Crippen LogP contribution in [0.2, 0.25) is 0 Å². The van der Waals surface area contributed by atoms with Crippen LogP contribution >= 0.6 is 11.3 Å². The number of nitrogens with one attached hydrogen (secondary N) is 2. The summed E-state index contributed by atoms with van der Waals surface area (Å²) in [5.74, 6) is 1.46. The summed E-state index contributed by atoms with van der Waals surface area (Å²) in [6.45, 7) is 9.01. The number of hydrogen-bond acceptors (Lipinski definition) is 11. The molecule has 1 aromatic carbocycles. The maximum Gasteiger partial charge on any atom is 0.267 e. The second kappa shape index (κ2) is 12.9. The van der Waals surface area contributed by atoms with E-state index in [0.29, 0.717) is 66.5 Å². The minimum Gasteiger partial charge on any atom is -0.493 e. The lowest BCUT2D eigenvalue weighted by Gasteiger charge is -2.42. The molecule has 13 heteroatoms. The number of carbonyl (C=O) groups is 2. The molecular formula is C32H34N8O4S. The first-order valence-corrected chi connectivity index (χ1v) is 15.4. The van der Waals surface area contributed by atoms with Crippen LogP contribution in [0, 0.1) is 6.92 Å².